The van der Waals surface area contributed by atoms with Crippen LogP contribution in [0.15, 0.2) is 29.3 Å². The fourth-order valence-electron chi connectivity index (χ4n) is 2.65. The minimum atomic E-state index is 0.689. The van der Waals surface area contributed by atoms with Crippen molar-refractivity contribution in [3.8, 4) is 5.75 Å². The van der Waals surface area contributed by atoms with Gasteiger partial charge in [0.2, 0.25) is 0 Å². The van der Waals surface area contributed by atoms with Gasteiger partial charge in [-0.3, -0.25) is 9.89 Å². The van der Waals surface area contributed by atoms with Crippen molar-refractivity contribution in [1.82, 2.24) is 20.4 Å². The minimum Gasteiger partial charge on any atom is -0.492 e. The second-order valence-corrected chi connectivity index (χ2v) is 6.61. The molecule has 1 fully saturated rings. The molecular weight excluding hydrogens is 330 g/mol. The Morgan fingerprint density at radius 2 is 2.08 bits per heavy atom. The molecule has 1 aromatic rings. The maximum absolute atomic E-state index is 5.79. The first-order valence-corrected chi connectivity index (χ1v) is 9.28. The summed E-state index contributed by atoms with van der Waals surface area (Å²) in [7, 11) is 5.88. The van der Waals surface area contributed by atoms with Crippen LogP contribution in [0.2, 0.25) is 0 Å². The highest BCUT2D eigenvalue weighted by Gasteiger charge is 2.09. The molecule has 2 rings (SSSR count). The molecule has 0 aliphatic carbocycles. The monoisotopic (exact) mass is 363 g/mol. The number of guanidine groups is 1. The molecule has 1 saturated heterocycles. The molecule has 146 valence electrons. The van der Waals surface area contributed by atoms with E-state index >= 15 is 0 Å². The third-order valence-corrected chi connectivity index (χ3v) is 4.21. The van der Waals surface area contributed by atoms with E-state index in [1.807, 2.05) is 26.2 Å². The average molecular weight is 364 g/mol. The van der Waals surface area contributed by atoms with Crippen LogP contribution in [-0.2, 0) is 11.3 Å². The van der Waals surface area contributed by atoms with Gasteiger partial charge in [-0.2, -0.15) is 0 Å². The lowest BCUT2D eigenvalue weighted by molar-refractivity contribution is 0.0389. The molecule has 1 aliphatic heterocycles. The average Bonchev–Trinajstić information content (AvgIpc) is 2.65. The van der Waals surface area contributed by atoms with Gasteiger partial charge >= 0.3 is 0 Å². The normalized spacial score (nSPS) is 15.9. The van der Waals surface area contributed by atoms with E-state index in [9.17, 15) is 0 Å². The van der Waals surface area contributed by atoms with Crippen molar-refractivity contribution in [2.24, 2.45) is 4.99 Å². The predicted octanol–water partition coefficient (Wildman–Crippen LogP) is 0.624. The van der Waals surface area contributed by atoms with E-state index in [0.29, 0.717) is 13.2 Å². The van der Waals surface area contributed by atoms with Crippen LogP contribution in [0.5, 0.6) is 5.75 Å². The molecule has 7 heteroatoms. The topological polar surface area (TPSA) is 61.4 Å². The number of rotatable bonds is 9. The van der Waals surface area contributed by atoms with Crippen molar-refractivity contribution in [2.75, 3.05) is 73.7 Å². The number of morpholine rings is 1. The molecule has 26 heavy (non-hydrogen) atoms. The van der Waals surface area contributed by atoms with E-state index in [4.69, 9.17) is 9.47 Å². The summed E-state index contributed by atoms with van der Waals surface area (Å²) in [5.74, 6) is 1.72. The van der Waals surface area contributed by atoms with Crippen molar-refractivity contribution < 1.29 is 9.47 Å². The minimum absolute atomic E-state index is 0.689. The smallest absolute Gasteiger partial charge is 0.191 e. The van der Waals surface area contributed by atoms with Gasteiger partial charge in [0.25, 0.3) is 0 Å². The Balaban J connectivity index is 1.70. The zero-order valence-corrected chi connectivity index (χ0v) is 16.3. The molecule has 0 unspecified atom stereocenters. The molecule has 7 nitrogen and oxygen atoms in total. The third-order valence-electron chi connectivity index (χ3n) is 4.21. The standard InChI is InChI=1S/C19H33N5O2/c1-20-19(21-7-8-24-10-12-25-13-11-24)22-16-17-5-4-6-18(15-17)26-14-9-23(2)3/h4-6,15H,7-14,16H2,1-3H3,(H2,20,21,22). The molecule has 1 aliphatic rings. The van der Waals surface area contributed by atoms with E-state index in [1.54, 1.807) is 7.05 Å². The highest BCUT2D eigenvalue weighted by molar-refractivity contribution is 5.79. The molecule has 0 aromatic heterocycles. The summed E-state index contributed by atoms with van der Waals surface area (Å²) < 4.78 is 11.2. The van der Waals surface area contributed by atoms with Crippen LogP contribution in [0.3, 0.4) is 0 Å². The number of benzene rings is 1. The van der Waals surface area contributed by atoms with Crippen molar-refractivity contribution >= 4 is 5.96 Å². The van der Waals surface area contributed by atoms with Crippen LogP contribution in [0, 0.1) is 0 Å². The van der Waals surface area contributed by atoms with Gasteiger partial charge in [0.1, 0.15) is 12.4 Å². The highest BCUT2D eigenvalue weighted by Crippen LogP contribution is 2.13. The Labute approximate surface area is 157 Å². The summed E-state index contributed by atoms with van der Waals surface area (Å²) in [6, 6.07) is 8.18. The number of nitrogens with one attached hydrogen (secondary N) is 2. The number of nitrogens with zero attached hydrogens (tertiary/aromatic N) is 3. The molecular formula is C19H33N5O2. The summed E-state index contributed by atoms with van der Waals surface area (Å²) in [5.41, 5.74) is 1.17. The maximum atomic E-state index is 5.79. The zero-order valence-electron chi connectivity index (χ0n) is 16.3. The summed E-state index contributed by atoms with van der Waals surface area (Å²) in [6.45, 7) is 7.86. The van der Waals surface area contributed by atoms with Crippen molar-refractivity contribution in [3.05, 3.63) is 29.8 Å². The molecule has 1 heterocycles. The molecule has 1 aromatic carbocycles. The Bertz CT molecular complexity index is 544. The highest BCUT2D eigenvalue weighted by atomic mass is 16.5. The lowest BCUT2D eigenvalue weighted by Gasteiger charge is -2.26. The molecule has 0 radical (unpaired) electrons. The van der Waals surface area contributed by atoms with Crippen molar-refractivity contribution in [2.45, 2.75) is 6.54 Å². The third kappa shape index (κ3) is 8.03. The second-order valence-electron chi connectivity index (χ2n) is 6.61. The number of hydrogen-bond donors (Lipinski definition) is 2. The number of aliphatic imine (C=N–C) groups is 1. The van der Waals surface area contributed by atoms with Crippen LogP contribution in [0.1, 0.15) is 5.56 Å². The first-order valence-electron chi connectivity index (χ1n) is 9.28. The Hall–Kier alpha value is -1.83. The van der Waals surface area contributed by atoms with E-state index in [1.165, 1.54) is 5.56 Å². The van der Waals surface area contributed by atoms with Gasteiger partial charge in [-0.1, -0.05) is 12.1 Å². The maximum Gasteiger partial charge on any atom is 0.191 e. The van der Waals surface area contributed by atoms with E-state index in [-0.39, 0.29) is 0 Å². The van der Waals surface area contributed by atoms with E-state index < -0.39 is 0 Å². The van der Waals surface area contributed by atoms with Gasteiger partial charge in [0, 0.05) is 46.3 Å². The number of ether oxygens (including phenoxy) is 2. The summed E-state index contributed by atoms with van der Waals surface area (Å²) in [6.07, 6.45) is 0. The van der Waals surface area contributed by atoms with Gasteiger partial charge in [-0.25, -0.2) is 0 Å². The van der Waals surface area contributed by atoms with Crippen LogP contribution >= 0.6 is 0 Å². The SMILES string of the molecule is CN=C(NCCN1CCOCC1)NCc1cccc(OCCN(C)C)c1. The van der Waals surface area contributed by atoms with Gasteiger partial charge in [-0.15, -0.1) is 0 Å². The Morgan fingerprint density at radius 3 is 2.81 bits per heavy atom. The van der Waals surface area contributed by atoms with Crippen molar-refractivity contribution in [1.29, 1.82) is 0 Å². The zero-order chi connectivity index (χ0) is 18.6. The lowest BCUT2D eigenvalue weighted by atomic mass is 10.2. The van der Waals surface area contributed by atoms with Crippen LogP contribution in [-0.4, -0.2) is 89.4 Å². The Morgan fingerprint density at radius 1 is 1.27 bits per heavy atom. The molecule has 0 atom stereocenters. The molecule has 0 spiro atoms. The van der Waals surface area contributed by atoms with Crippen LogP contribution in [0.25, 0.3) is 0 Å². The van der Waals surface area contributed by atoms with E-state index in [2.05, 4.69) is 37.6 Å². The predicted molar refractivity (Wildman–Crippen MR) is 106 cm³/mol. The summed E-state index contributed by atoms with van der Waals surface area (Å²) in [4.78, 5) is 8.80. The first-order chi connectivity index (χ1) is 12.7. The summed E-state index contributed by atoms with van der Waals surface area (Å²) in [5, 5.41) is 6.72. The van der Waals surface area contributed by atoms with Crippen molar-refractivity contribution in [3.63, 3.8) is 0 Å². The molecule has 0 amide bonds. The molecule has 2 N–H and O–H groups in total. The largest absolute Gasteiger partial charge is 0.492 e. The fraction of sp³-hybridized carbons (Fsp3) is 0.632. The summed E-state index contributed by atoms with van der Waals surface area (Å²) >= 11 is 0. The van der Waals surface area contributed by atoms with Gasteiger partial charge < -0.3 is 25.0 Å². The first kappa shape index (κ1) is 20.5. The lowest BCUT2D eigenvalue weighted by Crippen LogP contribution is -2.44. The van der Waals surface area contributed by atoms with E-state index in [0.717, 1.165) is 57.6 Å². The van der Waals surface area contributed by atoms with Gasteiger partial charge in [0.05, 0.1) is 13.2 Å². The second kappa shape index (κ2) is 11.7. The Kier molecular flexibility index (Phi) is 9.23. The van der Waals surface area contributed by atoms with Gasteiger partial charge in [0.15, 0.2) is 5.96 Å². The number of hydrogen-bond acceptors (Lipinski definition) is 5. The number of likely N-dealkylation sites (N-methyl/N-ethyl adjacent to an activating group) is 1. The van der Waals surface area contributed by atoms with Crippen LogP contribution < -0.4 is 15.4 Å². The molecule has 0 bridgehead atoms. The quantitative estimate of drug-likeness (QED) is 0.496. The van der Waals surface area contributed by atoms with Crippen LogP contribution in [0.4, 0.5) is 0 Å². The molecule has 0 saturated carbocycles. The van der Waals surface area contributed by atoms with Gasteiger partial charge in [-0.05, 0) is 31.8 Å². The fourth-order valence-corrected chi connectivity index (χ4v) is 2.65.